The van der Waals surface area contributed by atoms with Crippen molar-refractivity contribution in [3.05, 3.63) is 29.6 Å². The van der Waals surface area contributed by atoms with Crippen LogP contribution in [-0.2, 0) is 6.18 Å². The average Bonchev–Trinajstić information content (AvgIpc) is 2.15. The summed E-state index contributed by atoms with van der Waals surface area (Å²) in [6, 6.07) is 1.34. The fourth-order valence-electron chi connectivity index (χ4n) is 1.05. The molecule has 0 saturated heterocycles. The van der Waals surface area contributed by atoms with Crippen molar-refractivity contribution in [3.8, 4) is 0 Å². The number of nitrogens with zero attached hydrogens (tertiary/aromatic N) is 1. The zero-order valence-corrected chi connectivity index (χ0v) is 7.99. The fraction of sp³-hybridized carbons (Fsp3) is 0.444. The summed E-state index contributed by atoms with van der Waals surface area (Å²) in [7, 11) is 0. The van der Waals surface area contributed by atoms with Crippen LogP contribution >= 0.6 is 0 Å². The van der Waals surface area contributed by atoms with Gasteiger partial charge in [-0.2, -0.15) is 13.2 Å². The molecule has 0 aliphatic heterocycles. The number of halogens is 3. The van der Waals surface area contributed by atoms with E-state index in [1.807, 2.05) is 0 Å². The third-order valence-electron chi connectivity index (χ3n) is 1.98. The predicted molar refractivity (Wildman–Crippen MR) is 47.8 cm³/mol. The highest BCUT2D eigenvalue weighted by Gasteiger charge is 2.32. The first-order valence-corrected chi connectivity index (χ1v) is 4.29. The van der Waals surface area contributed by atoms with Gasteiger partial charge in [0, 0.05) is 6.20 Å². The first-order chi connectivity index (χ1) is 6.82. The number of aromatic nitrogens is 1. The van der Waals surface area contributed by atoms with Gasteiger partial charge in [-0.05, 0) is 18.6 Å². The summed E-state index contributed by atoms with van der Waals surface area (Å²) in [5.74, 6) is 0. The topological polar surface area (TPSA) is 59.1 Å². The van der Waals surface area contributed by atoms with Gasteiger partial charge in [0.15, 0.2) is 0 Å². The van der Waals surface area contributed by atoms with Crippen LogP contribution in [-0.4, -0.2) is 16.2 Å². The van der Waals surface area contributed by atoms with Gasteiger partial charge < -0.3 is 10.8 Å². The van der Waals surface area contributed by atoms with Crippen LogP contribution in [0.2, 0.25) is 0 Å². The molecule has 1 heterocycles. The highest BCUT2D eigenvalue weighted by Crippen LogP contribution is 2.27. The second kappa shape index (κ2) is 4.16. The largest absolute Gasteiger partial charge is 0.433 e. The van der Waals surface area contributed by atoms with Crippen molar-refractivity contribution in [1.82, 2.24) is 4.98 Å². The Kier molecular flexibility index (Phi) is 3.31. The maximum absolute atomic E-state index is 12.1. The third-order valence-corrected chi connectivity index (χ3v) is 1.98. The number of alkyl halides is 3. The molecule has 0 radical (unpaired) electrons. The van der Waals surface area contributed by atoms with Crippen molar-refractivity contribution in [3.63, 3.8) is 0 Å². The molecule has 1 aromatic rings. The van der Waals surface area contributed by atoms with E-state index in [4.69, 9.17) is 10.8 Å². The Bertz CT molecular complexity index is 321. The molecule has 3 nitrogen and oxygen atoms in total. The SMILES string of the molecule is C[C@H](O)[C@@H](N)c1ccc(C(F)(F)F)nc1. The highest BCUT2D eigenvalue weighted by molar-refractivity contribution is 5.19. The molecular formula is C9H11F3N2O. The average molecular weight is 220 g/mol. The lowest BCUT2D eigenvalue weighted by atomic mass is 10.1. The second-order valence-corrected chi connectivity index (χ2v) is 3.24. The number of hydrogen-bond donors (Lipinski definition) is 2. The zero-order valence-electron chi connectivity index (χ0n) is 7.99. The number of hydrogen-bond acceptors (Lipinski definition) is 3. The van der Waals surface area contributed by atoms with Crippen molar-refractivity contribution in [2.75, 3.05) is 0 Å². The second-order valence-electron chi connectivity index (χ2n) is 3.24. The molecule has 0 unspecified atom stereocenters. The van der Waals surface area contributed by atoms with Gasteiger partial charge in [-0.15, -0.1) is 0 Å². The van der Waals surface area contributed by atoms with Gasteiger partial charge >= 0.3 is 6.18 Å². The van der Waals surface area contributed by atoms with Gasteiger partial charge in [0.1, 0.15) is 5.69 Å². The van der Waals surface area contributed by atoms with Gasteiger partial charge in [-0.1, -0.05) is 6.07 Å². The van der Waals surface area contributed by atoms with E-state index >= 15 is 0 Å². The zero-order chi connectivity index (χ0) is 11.6. The summed E-state index contributed by atoms with van der Waals surface area (Å²) in [5, 5.41) is 9.13. The Morgan fingerprint density at radius 2 is 2.00 bits per heavy atom. The molecule has 0 aliphatic carbocycles. The quantitative estimate of drug-likeness (QED) is 0.793. The number of pyridine rings is 1. The molecule has 0 amide bonds. The van der Waals surface area contributed by atoms with E-state index in [9.17, 15) is 13.2 Å². The van der Waals surface area contributed by atoms with E-state index in [-0.39, 0.29) is 0 Å². The molecule has 6 heteroatoms. The van der Waals surface area contributed by atoms with Crippen molar-refractivity contribution in [2.45, 2.75) is 25.2 Å². The van der Waals surface area contributed by atoms with Crippen LogP contribution in [0.25, 0.3) is 0 Å². The molecular weight excluding hydrogens is 209 g/mol. The maximum atomic E-state index is 12.1. The van der Waals surface area contributed by atoms with Crippen LogP contribution in [0.5, 0.6) is 0 Å². The Labute approximate surface area is 84.7 Å². The van der Waals surface area contributed by atoms with Gasteiger partial charge in [-0.3, -0.25) is 4.98 Å². The van der Waals surface area contributed by atoms with Crippen molar-refractivity contribution >= 4 is 0 Å². The van der Waals surface area contributed by atoms with Gasteiger partial charge in [0.2, 0.25) is 0 Å². The molecule has 0 spiro atoms. The third kappa shape index (κ3) is 2.90. The van der Waals surface area contributed by atoms with E-state index in [1.54, 1.807) is 0 Å². The predicted octanol–water partition coefficient (Wildman–Crippen LogP) is 1.48. The number of aliphatic hydroxyl groups excluding tert-OH is 1. The maximum Gasteiger partial charge on any atom is 0.433 e. The standard InChI is InChI=1S/C9H11F3N2O/c1-5(15)8(13)6-2-3-7(14-4-6)9(10,11)12/h2-5,8,15H,13H2,1H3/t5-,8+/m0/s1. The molecule has 15 heavy (non-hydrogen) atoms. The lowest BCUT2D eigenvalue weighted by molar-refractivity contribution is -0.141. The molecule has 0 bridgehead atoms. The van der Waals surface area contributed by atoms with Crippen LogP contribution < -0.4 is 5.73 Å². The fourth-order valence-corrected chi connectivity index (χ4v) is 1.05. The summed E-state index contributed by atoms with van der Waals surface area (Å²) < 4.78 is 36.4. The van der Waals surface area contributed by atoms with Crippen LogP contribution in [0, 0.1) is 0 Å². The van der Waals surface area contributed by atoms with E-state index in [0.29, 0.717) is 5.56 Å². The minimum atomic E-state index is -4.45. The van der Waals surface area contributed by atoms with Crippen molar-refractivity contribution in [1.29, 1.82) is 0 Å². The molecule has 3 N–H and O–H groups in total. The van der Waals surface area contributed by atoms with Gasteiger partial charge in [0.25, 0.3) is 0 Å². The first-order valence-electron chi connectivity index (χ1n) is 4.29. The molecule has 0 saturated carbocycles. The van der Waals surface area contributed by atoms with E-state index in [0.717, 1.165) is 12.3 Å². The summed E-state index contributed by atoms with van der Waals surface area (Å²) >= 11 is 0. The molecule has 0 fully saturated rings. The minimum Gasteiger partial charge on any atom is -0.391 e. The van der Waals surface area contributed by atoms with Crippen LogP contribution in [0.15, 0.2) is 18.3 Å². The minimum absolute atomic E-state index is 0.373. The summed E-state index contributed by atoms with van der Waals surface area (Å²) in [6.45, 7) is 1.46. The molecule has 1 rings (SSSR count). The van der Waals surface area contributed by atoms with Crippen LogP contribution in [0.4, 0.5) is 13.2 Å². The molecule has 2 atom stereocenters. The Morgan fingerprint density at radius 1 is 1.40 bits per heavy atom. The summed E-state index contributed by atoms with van der Waals surface area (Å²) in [6.07, 6.45) is -4.25. The molecule has 84 valence electrons. The normalized spacial score (nSPS) is 16.1. The summed E-state index contributed by atoms with van der Waals surface area (Å²) in [5.41, 5.74) is 4.93. The smallest absolute Gasteiger partial charge is 0.391 e. The number of nitrogens with two attached hydrogens (primary N) is 1. The number of aliphatic hydroxyl groups is 1. The van der Waals surface area contributed by atoms with Crippen LogP contribution in [0.1, 0.15) is 24.2 Å². The summed E-state index contributed by atoms with van der Waals surface area (Å²) in [4.78, 5) is 3.24. The van der Waals surface area contributed by atoms with Crippen LogP contribution in [0.3, 0.4) is 0 Å². The highest BCUT2D eigenvalue weighted by atomic mass is 19.4. The molecule has 0 aliphatic rings. The monoisotopic (exact) mass is 220 g/mol. The van der Waals surface area contributed by atoms with E-state index in [1.165, 1.54) is 13.0 Å². The Morgan fingerprint density at radius 3 is 2.33 bits per heavy atom. The molecule has 1 aromatic heterocycles. The Hall–Kier alpha value is -1.14. The van der Waals surface area contributed by atoms with E-state index < -0.39 is 24.0 Å². The van der Waals surface area contributed by atoms with Crippen molar-refractivity contribution < 1.29 is 18.3 Å². The van der Waals surface area contributed by atoms with E-state index in [2.05, 4.69) is 4.98 Å². The molecule has 0 aromatic carbocycles. The number of rotatable bonds is 2. The lowest BCUT2D eigenvalue weighted by Crippen LogP contribution is -2.23. The Balaban J connectivity index is 2.91. The first kappa shape index (κ1) is 11.9. The van der Waals surface area contributed by atoms with Crippen molar-refractivity contribution in [2.24, 2.45) is 5.73 Å². The van der Waals surface area contributed by atoms with Gasteiger partial charge in [-0.25, -0.2) is 0 Å². The lowest BCUT2D eigenvalue weighted by Gasteiger charge is -2.15. The van der Waals surface area contributed by atoms with Gasteiger partial charge in [0.05, 0.1) is 12.1 Å².